The number of hydrogen-bond acceptors (Lipinski definition) is 0. The Hall–Kier alpha value is 6.01. The van der Waals surface area contributed by atoms with Gasteiger partial charge in [-0.1, -0.05) is 0 Å². The molecule has 0 aromatic carbocycles. The molecule has 0 aromatic rings. The summed E-state index contributed by atoms with van der Waals surface area (Å²) in [6.45, 7) is 45.5. The molecule has 554 valence electrons. The average molecular weight is 1940 g/mol. The van der Waals surface area contributed by atoms with Crippen molar-refractivity contribution in [1.29, 1.82) is 0 Å². The van der Waals surface area contributed by atoms with Gasteiger partial charge < -0.3 is 0 Å². The van der Waals surface area contributed by atoms with E-state index in [1.165, 1.54) is 278 Å². The van der Waals surface area contributed by atoms with E-state index in [4.69, 9.17) is 20.0 Å². The minimum atomic E-state index is -1.01. The van der Waals surface area contributed by atoms with Crippen LogP contribution in [0, 0.1) is 0 Å². The van der Waals surface area contributed by atoms with Crippen molar-refractivity contribution in [3.05, 3.63) is 0 Å². The zero-order valence-corrected chi connectivity index (χ0v) is 90.7. The van der Waals surface area contributed by atoms with E-state index < -0.39 is 26.8 Å². The molecular weight excluding hydrogens is 1760 g/mol. The van der Waals surface area contributed by atoms with Crippen LogP contribution in [0.1, 0.15) is 395 Å². The van der Waals surface area contributed by atoms with Crippen molar-refractivity contribution >= 4 is 170 Å². The van der Waals surface area contributed by atoms with E-state index in [1.807, 2.05) is 0 Å². The van der Waals surface area contributed by atoms with Gasteiger partial charge in [-0.25, -0.2) is 0 Å². The maximum absolute atomic E-state index is 6.21. The zero-order valence-electron chi connectivity index (χ0n) is 68.2. The van der Waals surface area contributed by atoms with Crippen LogP contribution in [0.25, 0.3) is 0 Å². The number of rotatable bonds is 60. The number of unbranched alkanes of at least 4 members (excludes halogenated alkanes) is 20. The quantitative estimate of drug-likeness (QED) is 0.0421. The summed E-state index contributed by atoms with van der Waals surface area (Å²) in [6.07, 6.45) is 56.9. The van der Waals surface area contributed by atoms with Crippen LogP contribution in [-0.2, 0) is 0 Å². The summed E-state index contributed by atoms with van der Waals surface area (Å²) in [5.74, 6) is 0. The van der Waals surface area contributed by atoms with Crippen LogP contribution in [0.4, 0.5) is 0 Å². The van der Waals surface area contributed by atoms with Crippen molar-refractivity contribution in [2.45, 2.75) is 500 Å². The Balaban J connectivity index is -0.000000102. The fourth-order valence-corrected chi connectivity index (χ4v) is 42.0. The molecule has 0 amide bonds. The number of halogens is 2. The fourth-order valence-electron chi connectivity index (χ4n) is 7.55. The Morgan fingerprint density at radius 3 is 0.283 bits per heavy atom. The molecule has 18 radical (unpaired) electrons. The van der Waals surface area contributed by atoms with Crippen LogP contribution in [0.3, 0.4) is 0 Å². The molecule has 0 rings (SSSR count). The van der Waals surface area contributed by atoms with Gasteiger partial charge in [0, 0.05) is 0 Å². The molecule has 12 heteroatoms. The van der Waals surface area contributed by atoms with Gasteiger partial charge in [-0.15, -0.1) is 0 Å². The summed E-state index contributed by atoms with van der Waals surface area (Å²) in [7, 11) is 12.4. The number of hydrogen-bond donors (Lipinski definition) is 0. The normalized spacial score (nSPS) is 10.2. The second-order valence-electron chi connectivity index (χ2n) is 25.1. The van der Waals surface area contributed by atoms with E-state index in [-0.39, 0.29) is 0 Å². The summed E-state index contributed by atoms with van der Waals surface area (Å²) in [6, 6.07) is 0. The van der Waals surface area contributed by atoms with Crippen LogP contribution in [0.2, 0.25) is 105 Å². The first kappa shape index (κ1) is 119. The molecule has 0 aliphatic heterocycles. The molecule has 0 atom stereocenters. The van der Waals surface area contributed by atoms with Gasteiger partial charge in [-0.2, -0.15) is 0 Å². The van der Waals surface area contributed by atoms with Gasteiger partial charge in [0.25, 0.3) is 0 Å². The molecule has 0 fully saturated rings. The summed E-state index contributed by atoms with van der Waals surface area (Å²) in [5, 5.41) is 30.8. The minimum absolute atomic E-state index is 0.496. The standard InChI is InChI=1S/2C8H18ClGe.8C8H18Ge/c2*1-3-5-7-10(9)8-6-4-2;8*1-3-5-7-9-8-6-4-2/h2*3-8H2,1-2H3;8*3-8H2,1-2H3. The van der Waals surface area contributed by atoms with E-state index in [9.17, 15) is 0 Å². The molecule has 0 aliphatic carbocycles. The molecule has 0 unspecified atom stereocenters. The second kappa shape index (κ2) is 140. The Kier molecular flexibility index (Phi) is 181. The topological polar surface area (TPSA) is 0 Å². The molecule has 92 heavy (non-hydrogen) atoms. The Labute approximate surface area is 662 Å². The van der Waals surface area contributed by atoms with Crippen molar-refractivity contribution in [1.82, 2.24) is 0 Å². The third-order valence-corrected chi connectivity index (χ3v) is 49.7. The van der Waals surface area contributed by atoms with Crippen molar-refractivity contribution < 1.29 is 0 Å². The molecule has 0 N–H and O–H groups in total. The van der Waals surface area contributed by atoms with Crippen molar-refractivity contribution in [2.24, 2.45) is 0 Å². The predicted molar refractivity (Wildman–Crippen MR) is 464 cm³/mol. The summed E-state index contributed by atoms with van der Waals surface area (Å²) in [5.41, 5.74) is 0. The van der Waals surface area contributed by atoms with E-state index in [0.717, 1.165) is 0 Å². The monoisotopic (exact) mass is 1950 g/mol. The Bertz CT molecular complexity index is 728. The molecule has 0 nitrogen and oxygen atoms in total. The van der Waals surface area contributed by atoms with Gasteiger partial charge in [-0.05, 0) is 0 Å². The van der Waals surface area contributed by atoms with Crippen molar-refractivity contribution in [2.75, 3.05) is 0 Å². The molecule has 0 saturated carbocycles. The van der Waals surface area contributed by atoms with Crippen LogP contribution in [0.5, 0.6) is 0 Å². The first-order valence-electron chi connectivity index (χ1n) is 41.6. The van der Waals surface area contributed by atoms with Gasteiger partial charge in [0.05, 0.1) is 0 Å². The molecule has 0 heterocycles. The maximum atomic E-state index is 6.21. The molecule has 0 saturated heterocycles. The SMILES string of the molecule is CCC[CH2][Ge]([Cl])[CH2]CCC.CCC[CH2][Ge]([Cl])[CH2]CCC.CCC[CH2][Ge][CH2]CCC.CCC[CH2][Ge][CH2]CCC.CCC[CH2][Ge][CH2]CCC.CCC[CH2][Ge][CH2]CCC.CCC[CH2][Ge][CH2]CCC.CCC[CH2][Ge][CH2]CCC.CCC[CH2][Ge][CH2]CCC.CCC[CH2][Ge][CH2]CCC. The Morgan fingerprint density at radius 2 is 0.217 bits per heavy atom. The second-order valence-corrected chi connectivity index (χ2v) is 64.4. The third kappa shape index (κ3) is 177. The molecular formula is C80H180Cl2Ge10. The van der Waals surface area contributed by atoms with Gasteiger partial charge in [0.15, 0.2) is 0 Å². The summed E-state index contributed by atoms with van der Waals surface area (Å²) >= 11 is 1.96. The predicted octanol–water partition coefficient (Wildman–Crippen LogP) is 32.7. The van der Waals surface area contributed by atoms with Crippen LogP contribution < -0.4 is 0 Å². The fraction of sp³-hybridized carbons (Fsp3) is 1.00. The first-order valence-corrected chi connectivity index (χ1v) is 76.8. The van der Waals surface area contributed by atoms with Crippen LogP contribution in [-0.4, -0.2) is 150 Å². The van der Waals surface area contributed by atoms with E-state index in [2.05, 4.69) is 138 Å². The third-order valence-electron chi connectivity index (χ3n) is 14.5. The van der Waals surface area contributed by atoms with Crippen molar-refractivity contribution in [3.8, 4) is 0 Å². The molecule has 0 aliphatic rings. The molecule has 0 bridgehead atoms. The van der Waals surface area contributed by atoms with Crippen LogP contribution in [0.15, 0.2) is 0 Å². The summed E-state index contributed by atoms with van der Waals surface area (Å²) in [4.78, 5) is 0. The first-order chi connectivity index (χ1) is 44.9. The van der Waals surface area contributed by atoms with E-state index >= 15 is 0 Å². The summed E-state index contributed by atoms with van der Waals surface area (Å²) < 4.78 is 0. The Morgan fingerprint density at radius 1 is 0.141 bits per heavy atom. The van der Waals surface area contributed by atoms with Gasteiger partial charge in [0.1, 0.15) is 0 Å². The molecule has 0 aromatic heterocycles. The van der Waals surface area contributed by atoms with Crippen molar-refractivity contribution in [3.63, 3.8) is 0 Å². The van der Waals surface area contributed by atoms with E-state index in [0.29, 0.717) is 123 Å². The van der Waals surface area contributed by atoms with Gasteiger partial charge in [-0.3, -0.25) is 0 Å². The van der Waals surface area contributed by atoms with Gasteiger partial charge in [0.2, 0.25) is 0 Å². The molecule has 0 spiro atoms. The van der Waals surface area contributed by atoms with E-state index in [1.54, 1.807) is 84.1 Å². The average Bonchev–Trinajstić information content (AvgIpc) is 3.58. The van der Waals surface area contributed by atoms with Crippen LogP contribution >= 0.6 is 20.0 Å². The zero-order chi connectivity index (χ0) is 71.2. The van der Waals surface area contributed by atoms with Gasteiger partial charge >= 0.3 is 671 Å².